The van der Waals surface area contributed by atoms with Crippen molar-refractivity contribution in [1.29, 1.82) is 0 Å². The summed E-state index contributed by atoms with van der Waals surface area (Å²) in [6, 6.07) is 4.27. The molecule has 128 valence electrons. The van der Waals surface area contributed by atoms with Crippen LogP contribution in [0.4, 0.5) is 0 Å². The molecule has 1 amide bonds. The standard InChI is InChI=1S/C19H23NO4/c1-11-7-12(2)15(13(3)8-11)5-6-20-19(23)18-14(4)10-24-16(18)9-17(21)22/h7-8,10H,5-6,9H2,1-4H3,(H,20,23)(H,21,22). The van der Waals surface area contributed by atoms with Crippen LogP contribution in [-0.2, 0) is 17.6 Å². The summed E-state index contributed by atoms with van der Waals surface area (Å²) in [4.78, 5) is 23.2. The fourth-order valence-corrected chi connectivity index (χ4v) is 3.06. The smallest absolute Gasteiger partial charge is 0.311 e. The Kier molecular flexibility index (Phi) is 5.44. The average molecular weight is 329 g/mol. The molecule has 0 saturated carbocycles. The van der Waals surface area contributed by atoms with Gasteiger partial charge in [-0.3, -0.25) is 9.59 Å². The van der Waals surface area contributed by atoms with Crippen LogP contribution in [-0.4, -0.2) is 23.5 Å². The predicted molar refractivity (Wildman–Crippen MR) is 91.5 cm³/mol. The lowest BCUT2D eigenvalue weighted by molar-refractivity contribution is -0.136. The van der Waals surface area contributed by atoms with E-state index in [0.717, 1.165) is 6.42 Å². The molecule has 2 aromatic rings. The number of benzene rings is 1. The summed E-state index contributed by atoms with van der Waals surface area (Å²) in [6.45, 7) is 8.43. The number of amides is 1. The molecule has 0 saturated heterocycles. The maximum atomic E-state index is 12.4. The minimum atomic E-state index is -1.02. The molecular weight excluding hydrogens is 306 g/mol. The molecule has 0 aliphatic rings. The molecule has 1 aromatic carbocycles. The number of carboxylic acid groups (broad SMARTS) is 1. The third-order valence-electron chi connectivity index (χ3n) is 4.09. The Morgan fingerprint density at radius 3 is 2.29 bits per heavy atom. The lowest BCUT2D eigenvalue weighted by Crippen LogP contribution is -2.27. The van der Waals surface area contributed by atoms with E-state index in [1.54, 1.807) is 6.92 Å². The minimum absolute atomic E-state index is 0.195. The van der Waals surface area contributed by atoms with Crippen molar-refractivity contribution in [2.24, 2.45) is 0 Å². The van der Waals surface area contributed by atoms with Gasteiger partial charge in [-0.25, -0.2) is 0 Å². The molecule has 0 spiro atoms. The number of furan rings is 1. The molecule has 0 radical (unpaired) electrons. The van der Waals surface area contributed by atoms with Crippen LogP contribution in [0.15, 0.2) is 22.8 Å². The molecule has 0 atom stereocenters. The van der Waals surface area contributed by atoms with Gasteiger partial charge in [-0.15, -0.1) is 0 Å². The predicted octanol–water partition coefficient (Wildman–Crippen LogP) is 3.11. The zero-order chi connectivity index (χ0) is 17.9. The van der Waals surface area contributed by atoms with Crippen molar-refractivity contribution >= 4 is 11.9 Å². The average Bonchev–Trinajstić information content (AvgIpc) is 2.81. The minimum Gasteiger partial charge on any atom is -0.481 e. The van der Waals surface area contributed by atoms with Gasteiger partial charge in [-0.1, -0.05) is 17.7 Å². The summed E-state index contributed by atoms with van der Waals surface area (Å²) in [5.74, 6) is -1.12. The van der Waals surface area contributed by atoms with E-state index >= 15 is 0 Å². The Hall–Kier alpha value is -2.56. The number of rotatable bonds is 6. The summed E-state index contributed by atoms with van der Waals surface area (Å²) in [7, 11) is 0. The number of carbonyl (C=O) groups excluding carboxylic acids is 1. The maximum Gasteiger partial charge on any atom is 0.311 e. The largest absolute Gasteiger partial charge is 0.481 e. The van der Waals surface area contributed by atoms with Crippen molar-refractivity contribution in [1.82, 2.24) is 5.32 Å². The summed E-state index contributed by atoms with van der Waals surface area (Å²) in [5, 5.41) is 11.8. The Bertz CT molecular complexity index is 751. The van der Waals surface area contributed by atoms with Gasteiger partial charge in [0.1, 0.15) is 12.2 Å². The lowest BCUT2D eigenvalue weighted by atomic mass is 9.97. The number of aryl methyl sites for hydroxylation is 4. The molecule has 0 aliphatic carbocycles. The second kappa shape index (κ2) is 7.34. The highest BCUT2D eigenvalue weighted by atomic mass is 16.4. The van der Waals surface area contributed by atoms with Gasteiger partial charge in [0.2, 0.25) is 0 Å². The molecule has 24 heavy (non-hydrogen) atoms. The first-order valence-corrected chi connectivity index (χ1v) is 7.93. The summed E-state index contributed by atoms with van der Waals surface area (Å²) < 4.78 is 5.20. The molecule has 2 rings (SSSR count). The monoisotopic (exact) mass is 329 g/mol. The second-order valence-electron chi connectivity index (χ2n) is 6.17. The molecule has 0 fully saturated rings. The highest BCUT2D eigenvalue weighted by Gasteiger charge is 2.20. The molecule has 0 unspecified atom stereocenters. The van der Waals surface area contributed by atoms with E-state index < -0.39 is 5.97 Å². The number of nitrogens with one attached hydrogen (secondary N) is 1. The van der Waals surface area contributed by atoms with Crippen LogP contribution in [0, 0.1) is 27.7 Å². The van der Waals surface area contributed by atoms with Gasteiger partial charge in [-0.2, -0.15) is 0 Å². The number of carbonyl (C=O) groups is 2. The van der Waals surface area contributed by atoms with Crippen molar-refractivity contribution in [3.05, 3.63) is 57.5 Å². The molecule has 1 aromatic heterocycles. The number of carboxylic acids is 1. The summed E-state index contributed by atoms with van der Waals surface area (Å²) >= 11 is 0. The van der Waals surface area contributed by atoms with Crippen LogP contribution in [0.3, 0.4) is 0 Å². The van der Waals surface area contributed by atoms with Gasteiger partial charge >= 0.3 is 5.97 Å². The van der Waals surface area contributed by atoms with Crippen molar-refractivity contribution in [3.63, 3.8) is 0 Å². The van der Waals surface area contributed by atoms with E-state index in [-0.39, 0.29) is 18.1 Å². The Balaban J connectivity index is 2.05. The molecule has 5 heteroatoms. The van der Waals surface area contributed by atoms with Gasteiger partial charge in [0.25, 0.3) is 5.91 Å². The topological polar surface area (TPSA) is 79.5 Å². The Labute approximate surface area is 141 Å². The van der Waals surface area contributed by atoms with E-state index in [9.17, 15) is 9.59 Å². The van der Waals surface area contributed by atoms with Gasteiger partial charge < -0.3 is 14.8 Å². The fraction of sp³-hybridized carbons (Fsp3) is 0.368. The van der Waals surface area contributed by atoms with Crippen molar-refractivity contribution in [3.8, 4) is 0 Å². The number of hydrogen-bond donors (Lipinski definition) is 2. The van der Waals surface area contributed by atoms with Crippen molar-refractivity contribution in [2.75, 3.05) is 6.54 Å². The zero-order valence-corrected chi connectivity index (χ0v) is 14.5. The highest BCUT2D eigenvalue weighted by Crippen LogP contribution is 2.18. The molecular formula is C19H23NO4. The van der Waals surface area contributed by atoms with Crippen LogP contribution in [0.25, 0.3) is 0 Å². The van der Waals surface area contributed by atoms with Gasteiger partial charge in [0, 0.05) is 12.1 Å². The highest BCUT2D eigenvalue weighted by molar-refractivity contribution is 5.97. The number of hydrogen-bond acceptors (Lipinski definition) is 3. The van der Waals surface area contributed by atoms with Crippen LogP contribution >= 0.6 is 0 Å². The zero-order valence-electron chi connectivity index (χ0n) is 14.5. The SMILES string of the molecule is Cc1cc(C)c(CCNC(=O)c2c(C)coc2CC(=O)O)c(C)c1. The lowest BCUT2D eigenvalue weighted by Gasteiger charge is -2.12. The normalized spacial score (nSPS) is 10.7. The molecule has 1 heterocycles. The Morgan fingerprint density at radius 1 is 1.08 bits per heavy atom. The maximum absolute atomic E-state index is 12.4. The van der Waals surface area contributed by atoms with E-state index in [1.807, 2.05) is 0 Å². The van der Waals surface area contributed by atoms with E-state index in [2.05, 4.69) is 38.2 Å². The first-order valence-electron chi connectivity index (χ1n) is 7.93. The molecule has 2 N–H and O–H groups in total. The van der Waals surface area contributed by atoms with Gasteiger partial charge in [0.15, 0.2) is 0 Å². The first kappa shape index (κ1) is 17.8. The summed E-state index contributed by atoms with van der Waals surface area (Å²) in [6.07, 6.45) is 1.85. The molecule has 0 bridgehead atoms. The van der Waals surface area contributed by atoms with E-state index in [1.165, 1.54) is 28.5 Å². The van der Waals surface area contributed by atoms with Crippen LogP contribution in [0.2, 0.25) is 0 Å². The van der Waals surface area contributed by atoms with Gasteiger partial charge in [0.05, 0.1) is 11.8 Å². The Morgan fingerprint density at radius 2 is 1.71 bits per heavy atom. The van der Waals surface area contributed by atoms with Crippen LogP contribution in [0.5, 0.6) is 0 Å². The van der Waals surface area contributed by atoms with Crippen molar-refractivity contribution < 1.29 is 19.1 Å². The van der Waals surface area contributed by atoms with Gasteiger partial charge in [-0.05, 0) is 50.8 Å². The van der Waals surface area contributed by atoms with Crippen LogP contribution in [0.1, 0.15) is 43.9 Å². The third kappa shape index (κ3) is 4.04. The molecule has 5 nitrogen and oxygen atoms in total. The number of aliphatic carboxylic acids is 1. The third-order valence-corrected chi connectivity index (χ3v) is 4.09. The van der Waals surface area contributed by atoms with Crippen molar-refractivity contribution in [2.45, 2.75) is 40.5 Å². The first-order chi connectivity index (χ1) is 11.3. The second-order valence-corrected chi connectivity index (χ2v) is 6.17. The summed E-state index contributed by atoms with van der Waals surface area (Å²) in [5.41, 5.74) is 5.86. The van der Waals surface area contributed by atoms with E-state index in [4.69, 9.17) is 9.52 Å². The van der Waals surface area contributed by atoms with E-state index in [0.29, 0.717) is 17.7 Å². The fourth-order valence-electron chi connectivity index (χ4n) is 3.06. The quantitative estimate of drug-likeness (QED) is 0.853. The molecule has 0 aliphatic heterocycles. The van der Waals surface area contributed by atoms with Crippen LogP contribution < -0.4 is 5.32 Å².